The first-order valence-corrected chi connectivity index (χ1v) is 9.20. The van der Waals surface area contributed by atoms with E-state index in [4.69, 9.17) is 15.2 Å². The Morgan fingerprint density at radius 3 is 1.57 bits per heavy atom. The monoisotopic (exact) mass is 413 g/mol. The van der Waals surface area contributed by atoms with Crippen LogP contribution in [0.1, 0.15) is 24.5 Å². The SMILES string of the molecule is CCN.COc1cc(C=CC(=O)CC(=O)C=Cc2ccc(O)c(OC)c2)ccc1O. The fraction of sp³-hybridized carbons (Fsp3) is 0.217. The normalized spacial score (nSPS) is 10.5. The van der Waals surface area contributed by atoms with Crippen molar-refractivity contribution in [1.82, 2.24) is 0 Å². The third-order valence-corrected chi connectivity index (χ3v) is 3.68. The number of phenols is 2. The molecule has 30 heavy (non-hydrogen) atoms. The number of rotatable bonds is 8. The lowest BCUT2D eigenvalue weighted by Gasteiger charge is -2.03. The zero-order chi connectivity index (χ0) is 22.5. The summed E-state index contributed by atoms with van der Waals surface area (Å²) in [6, 6.07) is 9.34. The number of carbonyl (C=O) groups excluding carboxylic acids is 2. The number of ketones is 2. The number of hydrogen-bond acceptors (Lipinski definition) is 7. The topological polar surface area (TPSA) is 119 Å². The number of nitrogens with two attached hydrogens (primary N) is 1. The quantitative estimate of drug-likeness (QED) is 0.448. The fourth-order valence-electron chi connectivity index (χ4n) is 2.26. The Labute approximate surface area is 176 Å². The molecule has 0 aliphatic rings. The van der Waals surface area contributed by atoms with Crippen LogP contribution in [0.15, 0.2) is 48.6 Å². The summed E-state index contributed by atoms with van der Waals surface area (Å²) in [4.78, 5) is 23.9. The van der Waals surface area contributed by atoms with Crippen LogP contribution in [0.3, 0.4) is 0 Å². The zero-order valence-electron chi connectivity index (χ0n) is 17.3. The summed E-state index contributed by atoms with van der Waals surface area (Å²) in [6.45, 7) is 2.65. The van der Waals surface area contributed by atoms with E-state index in [0.29, 0.717) is 22.6 Å². The molecule has 0 bridgehead atoms. The molecular formula is C23H27NO6. The Morgan fingerprint density at radius 2 is 1.23 bits per heavy atom. The maximum Gasteiger partial charge on any atom is 0.163 e. The summed E-state index contributed by atoms with van der Waals surface area (Å²) in [6.07, 6.45) is 5.44. The summed E-state index contributed by atoms with van der Waals surface area (Å²) in [5.74, 6) is -0.0832. The van der Waals surface area contributed by atoms with E-state index < -0.39 is 0 Å². The summed E-state index contributed by atoms with van der Waals surface area (Å²) in [5.41, 5.74) is 6.18. The Balaban J connectivity index is 0.00000141. The predicted molar refractivity (Wildman–Crippen MR) is 117 cm³/mol. The van der Waals surface area contributed by atoms with Gasteiger partial charge in [-0.05, 0) is 54.1 Å². The molecule has 0 unspecified atom stereocenters. The van der Waals surface area contributed by atoms with Crippen LogP contribution < -0.4 is 15.2 Å². The molecule has 0 saturated carbocycles. The average Bonchev–Trinajstić information content (AvgIpc) is 2.73. The third kappa shape index (κ3) is 8.20. The van der Waals surface area contributed by atoms with Gasteiger partial charge in [0.05, 0.1) is 20.6 Å². The lowest BCUT2D eigenvalue weighted by Crippen LogP contribution is -2.01. The minimum Gasteiger partial charge on any atom is -0.504 e. The molecule has 0 fully saturated rings. The van der Waals surface area contributed by atoms with E-state index in [2.05, 4.69) is 0 Å². The van der Waals surface area contributed by atoms with Crippen LogP contribution in [0.5, 0.6) is 23.0 Å². The van der Waals surface area contributed by atoms with Crippen molar-refractivity contribution >= 4 is 23.7 Å². The molecule has 160 valence electrons. The molecule has 2 aromatic rings. The van der Waals surface area contributed by atoms with E-state index in [1.165, 1.54) is 38.5 Å². The molecule has 0 saturated heterocycles. The number of carbonyl (C=O) groups is 2. The molecule has 0 aliphatic carbocycles. The van der Waals surface area contributed by atoms with Crippen molar-refractivity contribution in [2.75, 3.05) is 20.8 Å². The van der Waals surface area contributed by atoms with Crippen LogP contribution in [-0.4, -0.2) is 42.5 Å². The second-order valence-electron chi connectivity index (χ2n) is 6.05. The van der Waals surface area contributed by atoms with Crippen molar-refractivity contribution in [3.8, 4) is 23.0 Å². The smallest absolute Gasteiger partial charge is 0.163 e. The number of aromatic hydroxyl groups is 2. The lowest BCUT2D eigenvalue weighted by molar-refractivity contribution is -0.121. The van der Waals surface area contributed by atoms with Crippen molar-refractivity contribution in [1.29, 1.82) is 0 Å². The van der Waals surface area contributed by atoms with E-state index in [1.54, 1.807) is 36.4 Å². The summed E-state index contributed by atoms with van der Waals surface area (Å²) in [7, 11) is 2.87. The molecule has 0 heterocycles. The number of allylic oxidation sites excluding steroid dienone is 2. The highest BCUT2D eigenvalue weighted by atomic mass is 16.5. The standard InChI is InChI=1S/C21H20O6.C2H7N/c1-26-20-11-14(5-9-18(20)24)3-7-16(22)13-17(23)8-4-15-6-10-19(25)21(12-15)27-2;1-2-3/h3-12,24-25H,13H2,1-2H3;2-3H2,1H3. The summed E-state index contributed by atoms with van der Waals surface area (Å²) < 4.78 is 10.00. The Hall–Kier alpha value is -3.58. The van der Waals surface area contributed by atoms with Crippen LogP contribution in [0.25, 0.3) is 12.2 Å². The van der Waals surface area contributed by atoms with E-state index in [9.17, 15) is 19.8 Å². The van der Waals surface area contributed by atoms with Gasteiger partial charge in [-0.3, -0.25) is 9.59 Å². The van der Waals surface area contributed by atoms with Crippen molar-refractivity contribution in [3.05, 3.63) is 59.7 Å². The van der Waals surface area contributed by atoms with Gasteiger partial charge < -0.3 is 25.4 Å². The maximum atomic E-state index is 11.9. The first-order chi connectivity index (χ1) is 14.3. The predicted octanol–water partition coefficient (Wildman–Crippen LogP) is 3.33. The maximum absolute atomic E-state index is 11.9. The second kappa shape index (κ2) is 12.8. The molecular weight excluding hydrogens is 386 g/mol. The summed E-state index contributed by atoms with van der Waals surface area (Å²) in [5, 5.41) is 19.1. The molecule has 4 N–H and O–H groups in total. The Morgan fingerprint density at radius 1 is 0.867 bits per heavy atom. The number of benzene rings is 2. The van der Waals surface area contributed by atoms with E-state index in [-0.39, 0.29) is 29.5 Å². The molecule has 7 nitrogen and oxygen atoms in total. The van der Waals surface area contributed by atoms with Crippen LogP contribution in [-0.2, 0) is 9.59 Å². The highest BCUT2D eigenvalue weighted by molar-refractivity contribution is 6.10. The number of ether oxygens (including phenoxy) is 2. The van der Waals surface area contributed by atoms with Gasteiger partial charge in [-0.2, -0.15) is 0 Å². The minimum atomic E-state index is -0.347. The van der Waals surface area contributed by atoms with Crippen LogP contribution in [0, 0.1) is 0 Å². The first kappa shape index (κ1) is 24.5. The van der Waals surface area contributed by atoms with Crippen molar-refractivity contribution in [3.63, 3.8) is 0 Å². The van der Waals surface area contributed by atoms with Crippen LogP contribution >= 0.6 is 0 Å². The highest BCUT2D eigenvalue weighted by Gasteiger charge is 2.06. The van der Waals surface area contributed by atoms with Gasteiger partial charge in [0.15, 0.2) is 34.6 Å². The van der Waals surface area contributed by atoms with E-state index in [1.807, 2.05) is 6.92 Å². The van der Waals surface area contributed by atoms with Crippen LogP contribution in [0.4, 0.5) is 0 Å². The second-order valence-corrected chi connectivity index (χ2v) is 6.05. The molecule has 7 heteroatoms. The number of methoxy groups -OCH3 is 2. The molecule has 0 amide bonds. The lowest BCUT2D eigenvalue weighted by atomic mass is 10.1. The van der Waals surface area contributed by atoms with E-state index in [0.717, 1.165) is 6.54 Å². The molecule has 0 aromatic heterocycles. The van der Waals surface area contributed by atoms with Crippen molar-refractivity contribution in [2.45, 2.75) is 13.3 Å². The van der Waals surface area contributed by atoms with Crippen molar-refractivity contribution < 1.29 is 29.3 Å². The van der Waals surface area contributed by atoms with Crippen LogP contribution in [0.2, 0.25) is 0 Å². The van der Waals surface area contributed by atoms with Gasteiger partial charge in [0.1, 0.15) is 0 Å². The number of hydrogen-bond donors (Lipinski definition) is 3. The van der Waals surface area contributed by atoms with Gasteiger partial charge in [0, 0.05) is 0 Å². The molecule has 0 spiro atoms. The van der Waals surface area contributed by atoms with Gasteiger partial charge in [0.25, 0.3) is 0 Å². The summed E-state index contributed by atoms with van der Waals surface area (Å²) >= 11 is 0. The van der Waals surface area contributed by atoms with Gasteiger partial charge >= 0.3 is 0 Å². The molecule has 0 aliphatic heterocycles. The van der Waals surface area contributed by atoms with Gasteiger partial charge in [-0.1, -0.05) is 31.2 Å². The largest absolute Gasteiger partial charge is 0.504 e. The minimum absolute atomic E-state index is 0.00662. The first-order valence-electron chi connectivity index (χ1n) is 9.20. The van der Waals surface area contributed by atoms with Gasteiger partial charge in [-0.25, -0.2) is 0 Å². The molecule has 2 rings (SSSR count). The average molecular weight is 413 g/mol. The molecule has 2 aromatic carbocycles. The number of phenolic OH excluding ortho intramolecular Hbond substituents is 2. The third-order valence-electron chi connectivity index (χ3n) is 3.68. The zero-order valence-corrected chi connectivity index (χ0v) is 17.3. The molecule has 0 radical (unpaired) electrons. The Bertz CT molecular complexity index is 844. The van der Waals surface area contributed by atoms with Gasteiger partial charge in [0.2, 0.25) is 0 Å². The van der Waals surface area contributed by atoms with Crippen molar-refractivity contribution in [2.24, 2.45) is 5.73 Å². The highest BCUT2D eigenvalue weighted by Crippen LogP contribution is 2.27. The van der Waals surface area contributed by atoms with E-state index >= 15 is 0 Å². The van der Waals surface area contributed by atoms with Gasteiger partial charge in [-0.15, -0.1) is 0 Å². The Kier molecular flexibility index (Phi) is 10.4. The molecule has 0 atom stereocenters. The fourth-order valence-corrected chi connectivity index (χ4v) is 2.26.